The lowest BCUT2D eigenvalue weighted by atomic mass is 10.1. The number of benzene rings is 1. The standard InChI is InChI=1S/C8H9NO3/c10-7-3-1-6(2-4-7)8(11)5-9-12/h1-5,8,10-12H/b9-5+. The highest BCUT2D eigenvalue weighted by Crippen LogP contribution is 2.14. The first-order valence-electron chi connectivity index (χ1n) is 3.38. The minimum Gasteiger partial charge on any atom is -0.508 e. The first-order valence-corrected chi connectivity index (χ1v) is 3.38. The van der Waals surface area contributed by atoms with Crippen molar-refractivity contribution >= 4 is 6.21 Å². The molecule has 0 heterocycles. The number of aromatic hydroxyl groups is 1. The molecule has 4 heteroatoms. The van der Waals surface area contributed by atoms with Gasteiger partial charge < -0.3 is 15.4 Å². The number of phenolic OH excluding ortho intramolecular Hbond substituents is 1. The molecule has 0 saturated heterocycles. The first-order chi connectivity index (χ1) is 5.74. The molecule has 0 saturated carbocycles. The van der Waals surface area contributed by atoms with Gasteiger partial charge in [0.25, 0.3) is 0 Å². The molecule has 0 spiro atoms. The van der Waals surface area contributed by atoms with Crippen LogP contribution in [0.5, 0.6) is 5.75 Å². The number of hydrogen-bond acceptors (Lipinski definition) is 4. The first kappa shape index (κ1) is 8.55. The third kappa shape index (κ3) is 1.96. The molecular formula is C8H9NO3. The van der Waals surface area contributed by atoms with Gasteiger partial charge in [-0.1, -0.05) is 17.3 Å². The largest absolute Gasteiger partial charge is 0.508 e. The second-order valence-corrected chi connectivity index (χ2v) is 2.30. The van der Waals surface area contributed by atoms with Crippen LogP contribution < -0.4 is 0 Å². The van der Waals surface area contributed by atoms with Crippen LogP contribution in [0.25, 0.3) is 0 Å². The van der Waals surface area contributed by atoms with E-state index in [0.717, 1.165) is 6.21 Å². The predicted molar refractivity (Wildman–Crippen MR) is 43.3 cm³/mol. The fourth-order valence-electron chi connectivity index (χ4n) is 0.821. The maximum Gasteiger partial charge on any atom is 0.117 e. The molecule has 1 atom stereocenters. The van der Waals surface area contributed by atoms with E-state index in [2.05, 4.69) is 5.16 Å². The summed E-state index contributed by atoms with van der Waals surface area (Å²) >= 11 is 0. The lowest BCUT2D eigenvalue weighted by Crippen LogP contribution is -1.97. The maximum atomic E-state index is 9.22. The zero-order valence-corrected chi connectivity index (χ0v) is 6.25. The lowest BCUT2D eigenvalue weighted by Gasteiger charge is -2.03. The van der Waals surface area contributed by atoms with Crippen molar-refractivity contribution in [2.75, 3.05) is 0 Å². The minimum absolute atomic E-state index is 0.131. The van der Waals surface area contributed by atoms with Crippen LogP contribution in [0, 0.1) is 0 Å². The molecular weight excluding hydrogens is 158 g/mol. The zero-order chi connectivity index (χ0) is 8.97. The van der Waals surface area contributed by atoms with Gasteiger partial charge in [0.15, 0.2) is 0 Å². The van der Waals surface area contributed by atoms with Crippen LogP contribution >= 0.6 is 0 Å². The van der Waals surface area contributed by atoms with Crippen LogP contribution in [0.1, 0.15) is 11.7 Å². The highest BCUT2D eigenvalue weighted by Gasteiger charge is 2.02. The number of aliphatic hydroxyl groups excluding tert-OH is 1. The van der Waals surface area contributed by atoms with E-state index in [1.165, 1.54) is 12.1 Å². The van der Waals surface area contributed by atoms with Crippen molar-refractivity contribution in [3.05, 3.63) is 29.8 Å². The highest BCUT2D eigenvalue weighted by atomic mass is 16.4. The summed E-state index contributed by atoms with van der Waals surface area (Å²) in [6.45, 7) is 0. The van der Waals surface area contributed by atoms with Gasteiger partial charge in [0.05, 0.1) is 6.21 Å². The quantitative estimate of drug-likeness (QED) is 0.348. The number of aliphatic hydroxyl groups is 1. The Labute approximate surface area is 69.4 Å². The molecule has 0 amide bonds. The summed E-state index contributed by atoms with van der Waals surface area (Å²) in [5.74, 6) is 0.131. The summed E-state index contributed by atoms with van der Waals surface area (Å²) in [6, 6.07) is 5.98. The fraction of sp³-hybridized carbons (Fsp3) is 0.125. The monoisotopic (exact) mass is 167 g/mol. The molecule has 1 rings (SSSR count). The molecule has 0 fully saturated rings. The third-order valence-electron chi connectivity index (χ3n) is 1.44. The molecule has 1 aromatic carbocycles. The van der Waals surface area contributed by atoms with Crippen LogP contribution in [0.2, 0.25) is 0 Å². The summed E-state index contributed by atoms with van der Waals surface area (Å²) < 4.78 is 0. The molecule has 0 radical (unpaired) electrons. The molecule has 1 aromatic rings. The minimum atomic E-state index is -0.935. The van der Waals surface area contributed by atoms with Gasteiger partial charge in [0, 0.05) is 0 Å². The molecule has 0 aliphatic heterocycles. The van der Waals surface area contributed by atoms with E-state index in [4.69, 9.17) is 10.3 Å². The average molecular weight is 167 g/mol. The fourth-order valence-corrected chi connectivity index (χ4v) is 0.821. The third-order valence-corrected chi connectivity index (χ3v) is 1.44. The molecule has 0 aliphatic rings. The van der Waals surface area contributed by atoms with E-state index in [-0.39, 0.29) is 5.75 Å². The van der Waals surface area contributed by atoms with E-state index in [9.17, 15) is 5.11 Å². The lowest BCUT2D eigenvalue weighted by molar-refractivity contribution is 0.241. The Hall–Kier alpha value is -1.55. The number of nitrogens with zero attached hydrogens (tertiary/aromatic N) is 1. The zero-order valence-electron chi connectivity index (χ0n) is 6.25. The van der Waals surface area contributed by atoms with E-state index in [1.54, 1.807) is 12.1 Å². The van der Waals surface area contributed by atoms with Crippen molar-refractivity contribution in [1.82, 2.24) is 0 Å². The summed E-state index contributed by atoms with van der Waals surface area (Å²) in [5, 5.41) is 28.9. The molecule has 64 valence electrons. The van der Waals surface area contributed by atoms with Gasteiger partial charge in [-0.05, 0) is 17.7 Å². The van der Waals surface area contributed by atoms with Gasteiger partial charge >= 0.3 is 0 Å². The van der Waals surface area contributed by atoms with E-state index in [1.807, 2.05) is 0 Å². The number of rotatable bonds is 2. The van der Waals surface area contributed by atoms with Gasteiger partial charge in [-0.3, -0.25) is 0 Å². The number of hydrogen-bond donors (Lipinski definition) is 3. The van der Waals surface area contributed by atoms with Gasteiger partial charge in [-0.25, -0.2) is 0 Å². The Kier molecular flexibility index (Phi) is 2.66. The Bertz CT molecular complexity index is 268. The van der Waals surface area contributed by atoms with Crippen LogP contribution in [-0.4, -0.2) is 21.6 Å². The molecule has 0 aliphatic carbocycles. The van der Waals surface area contributed by atoms with Crippen molar-refractivity contribution in [2.45, 2.75) is 6.10 Å². The van der Waals surface area contributed by atoms with Crippen LogP contribution in [0.15, 0.2) is 29.4 Å². The van der Waals surface area contributed by atoms with Crippen LogP contribution in [-0.2, 0) is 0 Å². The summed E-state index contributed by atoms with van der Waals surface area (Å²) in [5.41, 5.74) is 0.561. The van der Waals surface area contributed by atoms with Crippen molar-refractivity contribution in [3.8, 4) is 5.75 Å². The van der Waals surface area contributed by atoms with Crippen LogP contribution in [0.4, 0.5) is 0 Å². The second kappa shape index (κ2) is 3.73. The Morgan fingerprint density at radius 2 is 1.83 bits per heavy atom. The van der Waals surface area contributed by atoms with Crippen LogP contribution in [0.3, 0.4) is 0 Å². The Morgan fingerprint density at radius 3 is 2.33 bits per heavy atom. The SMILES string of the molecule is O/N=C/C(O)c1ccc(O)cc1. The van der Waals surface area contributed by atoms with E-state index in [0.29, 0.717) is 5.56 Å². The second-order valence-electron chi connectivity index (χ2n) is 2.30. The van der Waals surface area contributed by atoms with Crippen molar-refractivity contribution in [1.29, 1.82) is 0 Å². The van der Waals surface area contributed by atoms with Crippen molar-refractivity contribution < 1.29 is 15.4 Å². The van der Waals surface area contributed by atoms with Gasteiger partial charge in [0.2, 0.25) is 0 Å². The number of oxime groups is 1. The normalized spacial score (nSPS) is 13.4. The van der Waals surface area contributed by atoms with E-state index < -0.39 is 6.10 Å². The Balaban J connectivity index is 2.82. The molecule has 0 bridgehead atoms. The van der Waals surface area contributed by atoms with E-state index >= 15 is 0 Å². The molecule has 0 aromatic heterocycles. The smallest absolute Gasteiger partial charge is 0.117 e. The highest BCUT2D eigenvalue weighted by molar-refractivity contribution is 5.64. The average Bonchev–Trinajstić information content (AvgIpc) is 2.06. The van der Waals surface area contributed by atoms with Gasteiger partial charge in [-0.15, -0.1) is 0 Å². The molecule has 3 N–H and O–H groups in total. The van der Waals surface area contributed by atoms with Crippen molar-refractivity contribution in [2.24, 2.45) is 5.16 Å². The summed E-state index contributed by atoms with van der Waals surface area (Å²) in [6.07, 6.45) is 0.0578. The Morgan fingerprint density at radius 1 is 1.25 bits per heavy atom. The topological polar surface area (TPSA) is 73.1 Å². The number of phenols is 1. The maximum absolute atomic E-state index is 9.22. The van der Waals surface area contributed by atoms with Crippen molar-refractivity contribution in [3.63, 3.8) is 0 Å². The molecule has 1 unspecified atom stereocenters. The molecule has 12 heavy (non-hydrogen) atoms. The summed E-state index contributed by atoms with van der Waals surface area (Å²) in [4.78, 5) is 0. The predicted octanol–water partition coefficient (Wildman–Crippen LogP) is 0.886. The van der Waals surface area contributed by atoms with Gasteiger partial charge in [0.1, 0.15) is 11.9 Å². The van der Waals surface area contributed by atoms with Gasteiger partial charge in [-0.2, -0.15) is 0 Å². The summed E-state index contributed by atoms with van der Waals surface area (Å²) in [7, 11) is 0. The molecule has 4 nitrogen and oxygen atoms in total.